The SMILES string of the molecule is Clc1cc(Br)ccc1CNc1cccc2cnccc12. The van der Waals surface area contributed by atoms with E-state index in [-0.39, 0.29) is 0 Å². The monoisotopic (exact) mass is 346 g/mol. The summed E-state index contributed by atoms with van der Waals surface area (Å²) < 4.78 is 0.988. The number of hydrogen-bond acceptors (Lipinski definition) is 2. The Morgan fingerprint density at radius 2 is 2.05 bits per heavy atom. The molecule has 0 bridgehead atoms. The largest absolute Gasteiger partial charge is 0.380 e. The first-order valence-electron chi connectivity index (χ1n) is 6.24. The van der Waals surface area contributed by atoms with Crippen molar-refractivity contribution in [2.45, 2.75) is 6.54 Å². The smallest absolute Gasteiger partial charge is 0.0467 e. The summed E-state index contributed by atoms with van der Waals surface area (Å²) in [6.07, 6.45) is 3.67. The lowest BCUT2D eigenvalue weighted by Gasteiger charge is -2.11. The van der Waals surface area contributed by atoms with Gasteiger partial charge in [0, 0.05) is 44.9 Å². The van der Waals surface area contributed by atoms with Crippen molar-refractivity contribution in [3.63, 3.8) is 0 Å². The van der Waals surface area contributed by atoms with Crippen LogP contribution in [0.5, 0.6) is 0 Å². The van der Waals surface area contributed by atoms with Crippen molar-refractivity contribution in [2.24, 2.45) is 0 Å². The molecule has 0 aliphatic heterocycles. The predicted molar refractivity (Wildman–Crippen MR) is 88.2 cm³/mol. The Hall–Kier alpha value is -1.58. The molecule has 0 aliphatic rings. The Bertz CT molecular complexity index is 753. The van der Waals surface area contributed by atoms with Crippen LogP contribution in [-0.2, 0) is 6.54 Å². The third-order valence-corrected chi connectivity index (χ3v) is 4.01. The molecule has 4 heteroatoms. The van der Waals surface area contributed by atoms with Crippen LogP contribution in [-0.4, -0.2) is 4.98 Å². The maximum absolute atomic E-state index is 6.23. The van der Waals surface area contributed by atoms with Gasteiger partial charge in [0.05, 0.1) is 0 Å². The number of aromatic nitrogens is 1. The summed E-state index contributed by atoms with van der Waals surface area (Å²) in [5.74, 6) is 0. The highest BCUT2D eigenvalue weighted by atomic mass is 79.9. The van der Waals surface area contributed by atoms with Crippen LogP contribution in [0.15, 0.2) is 59.3 Å². The average molecular weight is 348 g/mol. The quantitative estimate of drug-likeness (QED) is 0.699. The van der Waals surface area contributed by atoms with Crippen LogP contribution in [0.4, 0.5) is 5.69 Å². The zero-order valence-electron chi connectivity index (χ0n) is 10.6. The van der Waals surface area contributed by atoms with Crippen LogP contribution in [0, 0.1) is 0 Å². The topological polar surface area (TPSA) is 24.9 Å². The molecule has 0 spiro atoms. The molecule has 3 rings (SSSR count). The van der Waals surface area contributed by atoms with Gasteiger partial charge < -0.3 is 5.32 Å². The van der Waals surface area contributed by atoms with Crippen LogP contribution < -0.4 is 5.32 Å². The molecule has 0 aliphatic carbocycles. The molecule has 0 atom stereocenters. The second kappa shape index (κ2) is 5.81. The van der Waals surface area contributed by atoms with Crippen molar-refractivity contribution in [1.29, 1.82) is 0 Å². The molecule has 1 heterocycles. The second-order valence-electron chi connectivity index (χ2n) is 4.49. The minimum Gasteiger partial charge on any atom is -0.380 e. The van der Waals surface area contributed by atoms with Crippen molar-refractivity contribution in [3.05, 3.63) is 69.9 Å². The van der Waals surface area contributed by atoms with E-state index in [4.69, 9.17) is 11.6 Å². The van der Waals surface area contributed by atoms with Gasteiger partial charge >= 0.3 is 0 Å². The van der Waals surface area contributed by atoms with E-state index < -0.39 is 0 Å². The van der Waals surface area contributed by atoms with Crippen molar-refractivity contribution >= 4 is 44.0 Å². The highest BCUT2D eigenvalue weighted by Crippen LogP contribution is 2.25. The molecular weight excluding hydrogens is 336 g/mol. The molecule has 1 N–H and O–H groups in total. The van der Waals surface area contributed by atoms with E-state index in [0.29, 0.717) is 6.54 Å². The van der Waals surface area contributed by atoms with Crippen LogP contribution in [0.3, 0.4) is 0 Å². The fraction of sp³-hybridized carbons (Fsp3) is 0.0625. The summed E-state index contributed by atoms with van der Waals surface area (Å²) in [6, 6.07) is 14.1. The number of fused-ring (bicyclic) bond motifs is 1. The van der Waals surface area contributed by atoms with E-state index in [1.165, 1.54) is 0 Å². The van der Waals surface area contributed by atoms with Gasteiger partial charge in [0.1, 0.15) is 0 Å². The van der Waals surface area contributed by atoms with Crippen molar-refractivity contribution in [2.75, 3.05) is 5.32 Å². The molecule has 0 unspecified atom stereocenters. The first-order chi connectivity index (χ1) is 9.74. The van der Waals surface area contributed by atoms with E-state index in [1.54, 1.807) is 6.20 Å². The number of nitrogens with zero attached hydrogens (tertiary/aromatic N) is 1. The van der Waals surface area contributed by atoms with Gasteiger partial charge in [0.25, 0.3) is 0 Å². The molecule has 0 fully saturated rings. The zero-order chi connectivity index (χ0) is 13.9. The third kappa shape index (κ3) is 2.79. The Morgan fingerprint density at radius 1 is 1.15 bits per heavy atom. The van der Waals surface area contributed by atoms with E-state index in [2.05, 4.69) is 38.4 Å². The van der Waals surface area contributed by atoms with Crippen LogP contribution in [0.1, 0.15) is 5.56 Å². The van der Waals surface area contributed by atoms with Gasteiger partial charge in [-0.1, -0.05) is 45.7 Å². The van der Waals surface area contributed by atoms with E-state index in [0.717, 1.165) is 31.5 Å². The van der Waals surface area contributed by atoms with E-state index in [1.807, 2.05) is 36.5 Å². The molecule has 0 radical (unpaired) electrons. The van der Waals surface area contributed by atoms with Gasteiger partial charge in [-0.15, -0.1) is 0 Å². The van der Waals surface area contributed by atoms with Crippen molar-refractivity contribution < 1.29 is 0 Å². The molecule has 1 aromatic heterocycles. The minimum absolute atomic E-state index is 0.688. The van der Waals surface area contributed by atoms with Crippen molar-refractivity contribution in [3.8, 4) is 0 Å². The highest BCUT2D eigenvalue weighted by Gasteiger charge is 2.03. The maximum Gasteiger partial charge on any atom is 0.0467 e. The lowest BCUT2D eigenvalue weighted by Crippen LogP contribution is -2.00. The van der Waals surface area contributed by atoms with E-state index in [9.17, 15) is 0 Å². The third-order valence-electron chi connectivity index (χ3n) is 3.17. The zero-order valence-corrected chi connectivity index (χ0v) is 12.9. The molecule has 100 valence electrons. The van der Waals surface area contributed by atoms with Gasteiger partial charge in [-0.05, 0) is 29.8 Å². The number of pyridine rings is 1. The molecule has 20 heavy (non-hydrogen) atoms. The van der Waals surface area contributed by atoms with Crippen LogP contribution in [0.2, 0.25) is 5.02 Å². The Balaban J connectivity index is 1.87. The molecule has 2 aromatic carbocycles. The Kier molecular flexibility index (Phi) is 3.90. The molecule has 0 saturated carbocycles. The predicted octanol–water partition coefficient (Wildman–Crippen LogP) is 5.26. The molecular formula is C16H12BrClN2. The summed E-state index contributed by atoms with van der Waals surface area (Å²) in [7, 11) is 0. The number of anilines is 1. The molecule has 0 amide bonds. The second-order valence-corrected chi connectivity index (χ2v) is 5.81. The van der Waals surface area contributed by atoms with Gasteiger partial charge in [0.2, 0.25) is 0 Å². The fourth-order valence-corrected chi connectivity index (χ4v) is 2.87. The molecule has 0 saturated heterocycles. The summed E-state index contributed by atoms with van der Waals surface area (Å²) in [5.41, 5.74) is 2.16. The van der Waals surface area contributed by atoms with Gasteiger partial charge in [-0.25, -0.2) is 0 Å². The van der Waals surface area contributed by atoms with Crippen LogP contribution >= 0.6 is 27.5 Å². The highest BCUT2D eigenvalue weighted by molar-refractivity contribution is 9.10. The normalized spacial score (nSPS) is 10.7. The van der Waals surface area contributed by atoms with Crippen molar-refractivity contribution in [1.82, 2.24) is 4.98 Å². The summed E-state index contributed by atoms with van der Waals surface area (Å²) in [4.78, 5) is 4.14. The van der Waals surface area contributed by atoms with Gasteiger partial charge in [0.15, 0.2) is 0 Å². The fourth-order valence-electron chi connectivity index (χ4n) is 2.13. The number of halogens is 2. The average Bonchev–Trinajstić information content (AvgIpc) is 2.46. The summed E-state index contributed by atoms with van der Waals surface area (Å²) >= 11 is 9.65. The summed E-state index contributed by atoms with van der Waals surface area (Å²) in [5, 5.41) is 6.48. The number of nitrogens with one attached hydrogen (secondary N) is 1. The number of benzene rings is 2. The Morgan fingerprint density at radius 3 is 2.90 bits per heavy atom. The standard InChI is InChI=1S/C16H12BrClN2/c17-13-5-4-12(15(18)8-13)10-20-16-3-1-2-11-9-19-7-6-14(11)16/h1-9,20H,10H2. The van der Waals surface area contributed by atoms with E-state index >= 15 is 0 Å². The maximum atomic E-state index is 6.23. The molecule has 3 aromatic rings. The van der Waals surface area contributed by atoms with Gasteiger partial charge in [-0.3, -0.25) is 4.98 Å². The first-order valence-corrected chi connectivity index (χ1v) is 7.42. The lowest BCUT2D eigenvalue weighted by molar-refractivity contribution is 1.15. The number of rotatable bonds is 3. The number of hydrogen-bond donors (Lipinski definition) is 1. The first kappa shape index (κ1) is 13.4. The minimum atomic E-state index is 0.688. The van der Waals surface area contributed by atoms with Crippen LogP contribution in [0.25, 0.3) is 10.8 Å². The Labute approximate surface area is 130 Å². The van der Waals surface area contributed by atoms with Gasteiger partial charge in [-0.2, -0.15) is 0 Å². The summed E-state index contributed by atoms with van der Waals surface area (Å²) in [6.45, 7) is 0.688. The lowest BCUT2D eigenvalue weighted by atomic mass is 10.1. The molecule has 2 nitrogen and oxygen atoms in total.